The van der Waals surface area contributed by atoms with Crippen LogP contribution in [0.1, 0.15) is 18.2 Å². The van der Waals surface area contributed by atoms with Crippen LogP contribution in [0, 0.1) is 0 Å². The second-order valence-electron chi connectivity index (χ2n) is 4.53. The van der Waals surface area contributed by atoms with Crippen LogP contribution in [0.15, 0.2) is 27.6 Å². The Labute approximate surface area is 131 Å². The molecule has 1 aromatic rings. The summed E-state index contributed by atoms with van der Waals surface area (Å²) in [6, 6.07) is 3.86. The van der Waals surface area contributed by atoms with Crippen molar-refractivity contribution in [3.8, 4) is 0 Å². The third-order valence-electron chi connectivity index (χ3n) is 2.71. The zero-order chi connectivity index (χ0) is 15.2. The molecule has 1 aliphatic heterocycles. The van der Waals surface area contributed by atoms with Gasteiger partial charge in [-0.3, -0.25) is 15.2 Å². The van der Waals surface area contributed by atoms with Gasteiger partial charge in [-0.25, -0.2) is 0 Å². The Hall–Kier alpha value is -1.38. The first-order valence-corrected chi connectivity index (χ1v) is 8.18. The van der Waals surface area contributed by atoms with E-state index in [1.54, 1.807) is 18.4 Å². The third kappa shape index (κ3) is 4.55. The third-order valence-corrected chi connectivity index (χ3v) is 4.70. The highest BCUT2D eigenvalue weighted by Gasteiger charge is 2.28. The number of aliphatic imine (C=N–C) groups is 1. The molecule has 2 N–H and O–H groups in total. The van der Waals surface area contributed by atoms with Gasteiger partial charge in [-0.15, -0.1) is 11.3 Å². The fraction of sp³-hybridized carbons (Fsp3) is 0.462. The average Bonchev–Trinajstić information content (AvgIpc) is 2.92. The Morgan fingerprint density at radius 3 is 3.10 bits per heavy atom. The summed E-state index contributed by atoms with van der Waals surface area (Å²) in [6.07, 6.45) is 0.0146. The van der Waals surface area contributed by atoms with Crippen LogP contribution in [0.3, 0.4) is 0 Å². The monoisotopic (exact) mass is 327 g/mol. The fourth-order valence-electron chi connectivity index (χ4n) is 1.87. The van der Waals surface area contributed by atoms with Gasteiger partial charge in [-0.05, 0) is 18.4 Å². The van der Waals surface area contributed by atoms with Gasteiger partial charge in [0, 0.05) is 7.11 Å². The topological polar surface area (TPSA) is 83.3 Å². The van der Waals surface area contributed by atoms with E-state index in [9.17, 15) is 4.79 Å². The molecular weight excluding hydrogens is 310 g/mol. The quantitative estimate of drug-likeness (QED) is 0.835. The van der Waals surface area contributed by atoms with E-state index < -0.39 is 5.97 Å². The van der Waals surface area contributed by atoms with Gasteiger partial charge in [-0.1, -0.05) is 17.8 Å². The highest BCUT2D eigenvalue weighted by Crippen LogP contribution is 2.27. The van der Waals surface area contributed by atoms with Crippen LogP contribution in [0.4, 0.5) is 0 Å². The predicted octanol–water partition coefficient (Wildman–Crippen LogP) is 2.02. The highest BCUT2D eigenvalue weighted by atomic mass is 32.2. The van der Waals surface area contributed by atoms with E-state index in [1.165, 1.54) is 11.8 Å². The maximum Gasteiger partial charge on any atom is 0.304 e. The van der Waals surface area contributed by atoms with E-state index >= 15 is 0 Å². The first-order chi connectivity index (χ1) is 10.1. The molecule has 0 aromatic carbocycles. The summed E-state index contributed by atoms with van der Waals surface area (Å²) >= 11 is 2.95. The molecule has 0 saturated carbocycles. The van der Waals surface area contributed by atoms with Crippen LogP contribution in [0.25, 0.3) is 0 Å². The number of aliphatic carboxylic acids is 1. The molecule has 2 rings (SSSR count). The minimum absolute atomic E-state index is 0.00559. The Morgan fingerprint density at radius 1 is 1.67 bits per heavy atom. The molecule has 1 aromatic heterocycles. The molecule has 0 fully saturated rings. The van der Waals surface area contributed by atoms with Crippen LogP contribution < -0.4 is 5.43 Å². The van der Waals surface area contributed by atoms with Gasteiger partial charge in [-0.2, -0.15) is 5.10 Å². The molecule has 0 amide bonds. The number of carboxylic acid groups (broad SMARTS) is 1. The largest absolute Gasteiger partial charge is 0.481 e. The van der Waals surface area contributed by atoms with Crippen LogP contribution in [-0.4, -0.2) is 47.0 Å². The average molecular weight is 327 g/mol. The summed E-state index contributed by atoms with van der Waals surface area (Å²) in [4.78, 5) is 16.5. The van der Waals surface area contributed by atoms with Crippen molar-refractivity contribution in [1.82, 2.24) is 5.43 Å². The second kappa shape index (κ2) is 7.58. The molecule has 114 valence electrons. The van der Waals surface area contributed by atoms with Crippen molar-refractivity contribution in [1.29, 1.82) is 0 Å². The number of carboxylic acids is 1. The minimum atomic E-state index is -0.844. The Balaban J connectivity index is 2.18. The number of hydrogen-bond acceptors (Lipinski definition) is 6. The lowest BCUT2D eigenvalue weighted by molar-refractivity contribution is -0.136. The van der Waals surface area contributed by atoms with E-state index in [1.807, 2.05) is 24.4 Å². The summed E-state index contributed by atoms with van der Waals surface area (Å²) in [5.74, 6) is -0.844. The van der Waals surface area contributed by atoms with Crippen LogP contribution in [0.5, 0.6) is 0 Å². The summed E-state index contributed by atoms with van der Waals surface area (Å²) in [7, 11) is 1.62. The van der Waals surface area contributed by atoms with Gasteiger partial charge in [0.05, 0.1) is 34.9 Å². The molecule has 0 saturated heterocycles. The first-order valence-electron chi connectivity index (χ1n) is 6.42. The number of ether oxygens (including phenoxy) is 1. The van der Waals surface area contributed by atoms with Crippen LogP contribution in [0.2, 0.25) is 0 Å². The maximum atomic E-state index is 11.1. The van der Waals surface area contributed by atoms with Crippen molar-refractivity contribution in [2.75, 3.05) is 13.7 Å². The fourth-order valence-corrected chi connectivity index (χ4v) is 3.84. The predicted molar refractivity (Wildman–Crippen MR) is 86.4 cm³/mol. The molecule has 2 heterocycles. The molecule has 1 aliphatic rings. The second-order valence-corrected chi connectivity index (χ2v) is 6.67. The number of nitrogens with one attached hydrogen (secondary N) is 1. The van der Waals surface area contributed by atoms with Crippen molar-refractivity contribution in [3.63, 3.8) is 0 Å². The molecule has 6 nitrogen and oxygen atoms in total. The van der Waals surface area contributed by atoms with Gasteiger partial charge in [0.25, 0.3) is 0 Å². The standard InChI is InChI=1S/C13H17N3O3S2/c1-8(7-19-2)14-13-16-15-12(9-4-3-5-20-9)10(21-13)6-11(17)18/h3-5,8,10H,6-7H2,1-2H3,(H,14,16)(H,17,18)/t8-,10+/m1/s1. The molecular formula is C13H17N3O3S2. The number of rotatable bonds is 6. The van der Waals surface area contributed by atoms with Crippen molar-refractivity contribution >= 4 is 39.9 Å². The van der Waals surface area contributed by atoms with E-state index in [0.717, 1.165) is 10.6 Å². The Bertz CT molecular complexity index is 543. The number of hydrogen-bond donors (Lipinski definition) is 2. The molecule has 21 heavy (non-hydrogen) atoms. The van der Waals surface area contributed by atoms with Gasteiger partial charge in [0.1, 0.15) is 0 Å². The number of hydrazone groups is 1. The number of amidine groups is 1. The molecule has 8 heteroatoms. The van der Waals surface area contributed by atoms with E-state index in [0.29, 0.717) is 11.8 Å². The van der Waals surface area contributed by atoms with E-state index in [4.69, 9.17) is 9.84 Å². The van der Waals surface area contributed by atoms with E-state index in [2.05, 4.69) is 15.5 Å². The smallest absolute Gasteiger partial charge is 0.304 e. The molecule has 0 radical (unpaired) electrons. The number of thiophene rings is 1. The lowest BCUT2D eigenvalue weighted by Gasteiger charge is -2.23. The molecule has 0 aliphatic carbocycles. The summed E-state index contributed by atoms with van der Waals surface area (Å²) < 4.78 is 5.04. The normalized spacial score (nSPS) is 21.7. The molecule has 2 atom stereocenters. The van der Waals surface area contributed by atoms with Gasteiger partial charge >= 0.3 is 5.97 Å². The Kier molecular flexibility index (Phi) is 5.77. The van der Waals surface area contributed by atoms with Gasteiger partial charge in [0.15, 0.2) is 5.17 Å². The highest BCUT2D eigenvalue weighted by molar-refractivity contribution is 8.15. The van der Waals surface area contributed by atoms with Crippen LogP contribution in [-0.2, 0) is 9.53 Å². The van der Waals surface area contributed by atoms with Crippen molar-refractivity contribution < 1.29 is 14.6 Å². The van der Waals surface area contributed by atoms with Crippen molar-refractivity contribution in [3.05, 3.63) is 22.4 Å². The summed E-state index contributed by atoms with van der Waals surface area (Å²) in [5, 5.41) is 15.8. The molecule has 0 unspecified atom stereocenters. The number of thioether (sulfide) groups is 1. The number of nitrogens with zero attached hydrogens (tertiary/aromatic N) is 2. The van der Waals surface area contributed by atoms with Crippen LogP contribution >= 0.6 is 23.1 Å². The summed E-state index contributed by atoms with van der Waals surface area (Å²) in [6.45, 7) is 2.44. The van der Waals surface area contributed by atoms with Crippen molar-refractivity contribution in [2.45, 2.75) is 24.6 Å². The Morgan fingerprint density at radius 2 is 2.48 bits per heavy atom. The summed E-state index contributed by atoms with van der Waals surface area (Å²) in [5.41, 5.74) is 3.67. The number of carbonyl (C=O) groups is 1. The van der Waals surface area contributed by atoms with E-state index in [-0.39, 0.29) is 17.7 Å². The maximum absolute atomic E-state index is 11.1. The number of methoxy groups -OCH3 is 1. The minimum Gasteiger partial charge on any atom is -0.481 e. The zero-order valence-electron chi connectivity index (χ0n) is 11.8. The van der Waals surface area contributed by atoms with Gasteiger partial charge in [0.2, 0.25) is 0 Å². The van der Waals surface area contributed by atoms with Gasteiger partial charge < -0.3 is 9.84 Å². The SMILES string of the molecule is COC[C@@H](C)N=C1NN=C(c2cccs2)[C@H](CC(=O)O)S1. The lowest BCUT2D eigenvalue weighted by Crippen LogP contribution is -2.34. The van der Waals surface area contributed by atoms with Crippen molar-refractivity contribution in [2.24, 2.45) is 10.1 Å². The lowest BCUT2D eigenvalue weighted by atomic mass is 10.1. The molecule has 0 bridgehead atoms. The zero-order valence-corrected chi connectivity index (χ0v) is 13.4. The molecule has 0 spiro atoms. The first kappa shape index (κ1) is 16.0.